The van der Waals surface area contributed by atoms with Crippen LogP contribution in [0.25, 0.3) is 0 Å². The number of guanidine groups is 1. The normalized spacial score (nSPS) is 16.0. The van der Waals surface area contributed by atoms with Crippen molar-refractivity contribution in [2.45, 2.75) is 59.2 Å². The number of hydrogen-bond acceptors (Lipinski definition) is 6. The van der Waals surface area contributed by atoms with Gasteiger partial charge in [-0.05, 0) is 58.2 Å². The standard InChI is InChI=1S/C22H34N6O2.HI/c1-5-23-22(24-15-20-26-21(27-30-20)17(4)29-6-2)25-16(3)18-10-9-11-19(14-18)28-12-7-8-13-28;/h9-11,14,16-17H,5-8,12-13,15H2,1-4H3,(H2,23,24,25);1H. The molecular weight excluding hydrogens is 507 g/mol. The zero-order chi connectivity index (χ0) is 21.3. The van der Waals surface area contributed by atoms with E-state index >= 15 is 0 Å². The lowest BCUT2D eigenvalue weighted by molar-refractivity contribution is 0.0683. The summed E-state index contributed by atoms with van der Waals surface area (Å²) in [4.78, 5) is 11.4. The molecule has 1 fully saturated rings. The van der Waals surface area contributed by atoms with Gasteiger partial charge in [-0.3, -0.25) is 0 Å². The molecule has 0 bridgehead atoms. The van der Waals surface area contributed by atoms with Gasteiger partial charge in [0, 0.05) is 31.9 Å². The van der Waals surface area contributed by atoms with Crippen molar-refractivity contribution in [2.75, 3.05) is 31.1 Å². The van der Waals surface area contributed by atoms with Crippen LogP contribution in [-0.4, -0.2) is 42.3 Å². The minimum atomic E-state index is -0.189. The SMILES string of the molecule is CCNC(=NCc1nc(C(C)OCC)no1)NC(C)c1cccc(N2CCCC2)c1.I. The second kappa shape index (κ2) is 12.8. The quantitative estimate of drug-likeness (QED) is 0.279. The molecule has 0 aliphatic carbocycles. The highest BCUT2D eigenvalue weighted by Crippen LogP contribution is 2.24. The number of halogens is 1. The maximum Gasteiger partial charge on any atom is 0.248 e. The van der Waals surface area contributed by atoms with Crippen LogP contribution in [0.2, 0.25) is 0 Å². The smallest absolute Gasteiger partial charge is 0.248 e. The second-order valence-corrected chi connectivity index (χ2v) is 7.49. The fourth-order valence-corrected chi connectivity index (χ4v) is 3.54. The summed E-state index contributed by atoms with van der Waals surface area (Å²) in [5.74, 6) is 1.73. The van der Waals surface area contributed by atoms with E-state index in [0.29, 0.717) is 30.8 Å². The molecule has 1 saturated heterocycles. The number of anilines is 1. The van der Waals surface area contributed by atoms with E-state index in [0.717, 1.165) is 19.6 Å². The summed E-state index contributed by atoms with van der Waals surface area (Å²) in [6.45, 7) is 12.0. The van der Waals surface area contributed by atoms with Crippen molar-refractivity contribution in [1.29, 1.82) is 0 Å². The van der Waals surface area contributed by atoms with E-state index in [-0.39, 0.29) is 36.1 Å². The minimum absolute atomic E-state index is 0. The lowest BCUT2D eigenvalue weighted by atomic mass is 10.1. The molecule has 1 aliphatic heterocycles. The molecule has 0 spiro atoms. The Morgan fingerprint density at radius 1 is 1.26 bits per heavy atom. The fraction of sp³-hybridized carbons (Fsp3) is 0.591. The van der Waals surface area contributed by atoms with Crippen molar-refractivity contribution in [2.24, 2.45) is 4.99 Å². The number of rotatable bonds is 9. The highest BCUT2D eigenvalue weighted by atomic mass is 127. The Bertz CT molecular complexity index is 822. The number of nitrogens with zero attached hydrogens (tertiary/aromatic N) is 4. The molecule has 0 saturated carbocycles. The Kier molecular flexibility index (Phi) is 10.5. The third kappa shape index (κ3) is 7.34. The monoisotopic (exact) mass is 542 g/mol. The Morgan fingerprint density at radius 2 is 2.03 bits per heavy atom. The first-order valence-corrected chi connectivity index (χ1v) is 10.9. The van der Waals surface area contributed by atoms with Gasteiger partial charge < -0.3 is 24.8 Å². The Hall–Kier alpha value is -1.88. The molecule has 3 rings (SSSR count). The van der Waals surface area contributed by atoms with Crippen LogP contribution in [0.1, 0.15) is 70.0 Å². The summed E-state index contributed by atoms with van der Waals surface area (Å²) >= 11 is 0. The van der Waals surface area contributed by atoms with E-state index < -0.39 is 0 Å². The molecule has 8 nitrogen and oxygen atoms in total. The van der Waals surface area contributed by atoms with E-state index in [1.807, 2.05) is 20.8 Å². The maximum atomic E-state index is 5.50. The van der Waals surface area contributed by atoms with Gasteiger partial charge in [0.25, 0.3) is 0 Å². The number of hydrogen-bond donors (Lipinski definition) is 2. The lowest BCUT2D eigenvalue weighted by Crippen LogP contribution is -2.38. The zero-order valence-electron chi connectivity index (χ0n) is 18.9. The van der Waals surface area contributed by atoms with Crippen molar-refractivity contribution < 1.29 is 9.26 Å². The number of ether oxygens (including phenoxy) is 1. The molecule has 2 heterocycles. The van der Waals surface area contributed by atoms with E-state index in [2.05, 4.69) is 61.9 Å². The highest BCUT2D eigenvalue weighted by Gasteiger charge is 2.16. The predicted octanol–water partition coefficient (Wildman–Crippen LogP) is 4.20. The number of benzene rings is 1. The number of aliphatic imine (C=N–C) groups is 1. The molecule has 2 N–H and O–H groups in total. The Morgan fingerprint density at radius 3 is 2.74 bits per heavy atom. The first-order chi connectivity index (χ1) is 14.6. The van der Waals surface area contributed by atoms with Gasteiger partial charge in [0.1, 0.15) is 12.6 Å². The highest BCUT2D eigenvalue weighted by molar-refractivity contribution is 14.0. The lowest BCUT2D eigenvalue weighted by Gasteiger charge is -2.22. The van der Waals surface area contributed by atoms with Crippen LogP contribution in [0.3, 0.4) is 0 Å². The Balaban J connectivity index is 0.00000341. The van der Waals surface area contributed by atoms with Crippen molar-refractivity contribution in [1.82, 2.24) is 20.8 Å². The summed E-state index contributed by atoms with van der Waals surface area (Å²) in [5.41, 5.74) is 2.53. The van der Waals surface area contributed by atoms with Crippen LogP contribution in [-0.2, 0) is 11.3 Å². The average molecular weight is 542 g/mol. The van der Waals surface area contributed by atoms with E-state index in [4.69, 9.17) is 9.26 Å². The third-order valence-electron chi connectivity index (χ3n) is 5.18. The van der Waals surface area contributed by atoms with Crippen LogP contribution in [0.4, 0.5) is 5.69 Å². The molecule has 9 heteroatoms. The van der Waals surface area contributed by atoms with Crippen LogP contribution in [0.5, 0.6) is 0 Å². The molecule has 1 aliphatic rings. The van der Waals surface area contributed by atoms with Crippen molar-refractivity contribution >= 4 is 35.6 Å². The van der Waals surface area contributed by atoms with Gasteiger partial charge in [0.2, 0.25) is 5.89 Å². The van der Waals surface area contributed by atoms with Gasteiger partial charge in [0.05, 0.1) is 6.04 Å². The van der Waals surface area contributed by atoms with Crippen LogP contribution >= 0.6 is 24.0 Å². The summed E-state index contributed by atoms with van der Waals surface area (Å²) in [5, 5.41) is 10.8. The molecule has 1 aromatic carbocycles. The zero-order valence-corrected chi connectivity index (χ0v) is 21.3. The van der Waals surface area contributed by atoms with Crippen LogP contribution in [0.15, 0.2) is 33.8 Å². The van der Waals surface area contributed by atoms with Gasteiger partial charge in [-0.1, -0.05) is 17.3 Å². The largest absolute Gasteiger partial charge is 0.372 e. The van der Waals surface area contributed by atoms with Gasteiger partial charge >= 0.3 is 0 Å². The van der Waals surface area contributed by atoms with Crippen molar-refractivity contribution in [3.05, 3.63) is 41.5 Å². The van der Waals surface area contributed by atoms with Crippen molar-refractivity contribution in [3.8, 4) is 0 Å². The van der Waals surface area contributed by atoms with Gasteiger partial charge in [-0.25, -0.2) is 4.99 Å². The molecule has 0 amide bonds. The molecule has 31 heavy (non-hydrogen) atoms. The maximum absolute atomic E-state index is 5.50. The summed E-state index contributed by atoms with van der Waals surface area (Å²) in [6, 6.07) is 8.86. The molecule has 1 aromatic heterocycles. The second-order valence-electron chi connectivity index (χ2n) is 7.49. The molecule has 172 valence electrons. The van der Waals surface area contributed by atoms with Crippen molar-refractivity contribution in [3.63, 3.8) is 0 Å². The number of aromatic nitrogens is 2. The number of nitrogens with one attached hydrogen (secondary N) is 2. The van der Waals surface area contributed by atoms with E-state index in [9.17, 15) is 0 Å². The molecule has 2 atom stereocenters. The molecule has 0 radical (unpaired) electrons. The fourth-order valence-electron chi connectivity index (χ4n) is 3.54. The van der Waals surface area contributed by atoms with Crippen LogP contribution < -0.4 is 15.5 Å². The summed E-state index contributed by atoms with van der Waals surface area (Å²) in [7, 11) is 0. The average Bonchev–Trinajstić information content (AvgIpc) is 3.45. The predicted molar refractivity (Wildman–Crippen MR) is 134 cm³/mol. The topological polar surface area (TPSA) is 87.8 Å². The minimum Gasteiger partial charge on any atom is -0.372 e. The van der Waals surface area contributed by atoms with Gasteiger partial charge in [-0.2, -0.15) is 4.98 Å². The summed E-state index contributed by atoms with van der Waals surface area (Å²) in [6.07, 6.45) is 2.36. The third-order valence-corrected chi connectivity index (χ3v) is 5.18. The Labute approximate surface area is 202 Å². The van der Waals surface area contributed by atoms with Gasteiger partial charge in [-0.15, -0.1) is 24.0 Å². The molecule has 2 aromatic rings. The van der Waals surface area contributed by atoms with Crippen LogP contribution in [0, 0.1) is 0 Å². The first kappa shape index (κ1) is 25.4. The molecular formula is C22H35IN6O2. The van der Waals surface area contributed by atoms with E-state index in [1.165, 1.54) is 24.1 Å². The molecule has 2 unspecified atom stereocenters. The first-order valence-electron chi connectivity index (χ1n) is 10.9. The van der Waals surface area contributed by atoms with Gasteiger partial charge in [0.15, 0.2) is 11.8 Å². The summed E-state index contributed by atoms with van der Waals surface area (Å²) < 4.78 is 10.8. The van der Waals surface area contributed by atoms with E-state index in [1.54, 1.807) is 0 Å².